The summed E-state index contributed by atoms with van der Waals surface area (Å²) in [5.74, 6) is -0.985. The van der Waals surface area contributed by atoms with Crippen LogP contribution < -0.4 is 9.62 Å². The molecule has 3 aromatic rings. The van der Waals surface area contributed by atoms with Gasteiger partial charge in [0.15, 0.2) is 0 Å². The number of nitrogens with one attached hydrogen (secondary N) is 1. The van der Waals surface area contributed by atoms with Crippen LogP contribution in [-0.4, -0.2) is 33.9 Å². The number of methoxy groups -OCH3 is 1. The first kappa shape index (κ1) is 19.7. The maximum absolute atomic E-state index is 13.2. The fourth-order valence-corrected chi connectivity index (χ4v) is 5.04. The number of benzene rings is 3. The second-order valence-corrected chi connectivity index (χ2v) is 8.47. The summed E-state index contributed by atoms with van der Waals surface area (Å²) in [4.78, 5) is 24.3. The van der Waals surface area contributed by atoms with Gasteiger partial charge in [-0.1, -0.05) is 36.4 Å². The van der Waals surface area contributed by atoms with Crippen LogP contribution in [0.4, 0.5) is 11.4 Å². The van der Waals surface area contributed by atoms with Gasteiger partial charge in [-0.2, -0.15) is 0 Å². The van der Waals surface area contributed by atoms with E-state index < -0.39 is 21.9 Å². The van der Waals surface area contributed by atoms with Crippen molar-refractivity contribution >= 4 is 33.3 Å². The van der Waals surface area contributed by atoms with Crippen LogP contribution in [0.15, 0.2) is 77.7 Å². The van der Waals surface area contributed by atoms with Gasteiger partial charge in [-0.05, 0) is 36.4 Å². The smallest absolute Gasteiger partial charge is 0.337 e. The third kappa shape index (κ3) is 3.42. The fourth-order valence-electron chi connectivity index (χ4n) is 3.39. The topological polar surface area (TPSA) is 92.8 Å². The zero-order valence-electron chi connectivity index (χ0n) is 16.0. The number of carbonyl (C=O) groups is 2. The minimum Gasteiger partial charge on any atom is -0.465 e. The molecule has 1 N–H and O–H groups in total. The van der Waals surface area contributed by atoms with Gasteiger partial charge in [0.2, 0.25) is 5.91 Å². The molecule has 0 bridgehead atoms. The first-order valence-corrected chi connectivity index (χ1v) is 10.6. The molecule has 1 aliphatic rings. The van der Waals surface area contributed by atoms with Crippen molar-refractivity contribution in [2.45, 2.75) is 4.90 Å². The van der Waals surface area contributed by atoms with Crippen LogP contribution in [0.1, 0.15) is 10.4 Å². The van der Waals surface area contributed by atoms with Crippen LogP contribution in [0.25, 0.3) is 11.1 Å². The lowest BCUT2D eigenvalue weighted by Crippen LogP contribution is -2.40. The Hall–Kier alpha value is -3.65. The first-order chi connectivity index (χ1) is 14.4. The molecule has 7 nitrogen and oxygen atoms in total. The van der Waals surface area contributed by atoms with Gasteiger partial charge in [0, 0.05) is 16.8 Å². The lowest BCUT2D eigenvalue weighted by Gasteiger charge is -2.31. The third-order valence-corrected chi connectivity index (χ3v) is 6.61. The molecule has 0 atom stereocenters. The summed E-state index contributed by atoms with van der Waals surface area (Å²) in [5, 5.41) is 2.67. The highest BCUT2D eigenvalue weighted by atomic mass is 32.2. The number of fused-ring (bicyclic) bond motifs is 3. The molecule has 0 aromatic heterocycles. The molecule has 0 saturated heterocycles. The van der Waals surface area contributed by atoms with E-state index in [1.807, 2.05) is 12.1 Å². The van der Waals surface area contributed by atoms with E-state index in [1.165, 1.54) is 25.3 Å². The van der Waals surface area contributed by atoms with Gasteiger partial charge in [-0.15, -0.1) is 0 Å². The summed E-state index contributed by atoms with van der Waals surface area (Å²) in [6.45, 7) is -0.383. The number of ether oxygens (including phenoxy) is 1. The van der Waals surface area contributed by atoms with E-state index in [0.29, 0.717) is 22.5 Å². The van der Waals surface area contributed by atoms with E-state index in [9.17, 15) is 18.0 Å². The quantitative estimate of drug-likeness (QED) is 0.652. The van der Waals surface area contributed by atoms with Crippen LogP contribution in [0.2, 0.25) is 0 Å². The lowest BCUT2D eigenvalue weighted by molar-refractivity contribution is -0.114. The number of rotatable bonds is 4. The van der Waals surface area contributed by atoms with Crippen LogP contribution in [-0.2, 0) is 19.6 Å². The summed E-state index contributed by atoms with van der Waals surface area (Å²) >= 11 is 0. The Bertz CT molecular complexity index is 1240. The van der Waals surface area contributed by atoms with Crippen LogP contribution >= 0.6 is 0 Å². The monoisotopic (exact) mass is 422 g/mol. The largest absolute Gasteiger partial charge is 0.465 e. The van der Waals surface area contributed by atoms with E-state index in [0.717, 1.165) is 9.87 Å². The highest BCUT2D eigenvalue weighted by molar-refractivity contribution is 7.93. The molecule has 0 spiro atoms. The Morgan fingerprint density at radius 1 is 0.900 bits per heavy atom. The summed E-state index contributed by atoms with van der Waals surface area (Å²) in [6, 6.07) is 20.0. The Morgan fingerprint density at radius 2 is 1.53 bits per heavy atom. The lowest BCUT2D eigenvalue weighted by atomic mass is 10.0. The Morgan fingerprint density at radius 3 is 2.23 bits per heavy atom. The molecule has 1 heterocycles. The standard InChI is InChI=1S/C22H18N2O5S/c1-29-22(26)15-10-12-16(13-11-15)23-21(25)14-24-19-8-4-2-6-17(19)18-7-3-5-9-20(18)30(24,27)28/h2-13H,14H2,1H3,(H,23,25). The second kappa shape index (κ2) is 7.64. The van der Waals surface area contributed by atoms with Crippen molar-refractivity contribution in [3.05, 3.63) is 78.4 Å². The highest BCUT2D eigenvalue weighted by Gasteiger charge is 2.35. The number of hydrogen-bond donors (Lipinski definition) is 1. The molecule has 4 rings (SSSR count). The summed E-state index contributed by atoms with van der Waals surface area (Å²) in [6.07, 6.45) is 0. The van der Waals surface area contributed by atoms with Crippen LogP contribution in [0, 0.1) is 0 Å². The van der Waals surface area contributed by atoms with Gasteiger partial charge in [0.1, 0.15) is 6.54 Å². The molecule has 8 heteroatoms. The minimum absolute atomic E-state index is 0.166. The molecule has 3 aromatic carbocycles. The Labute approximate surface area is 174 Å². The van der Waals surface area contributed by atoms with Gasteiger partial charge >= 0.3 is 5.97 Å². The third-order valence-electron chi connectivity index (χ3n) is 4.79. The normalized spacial score (nSPS) is 13.7. The van der Waals surface area contributed by atoms with Gasteiger partial charge < -0.3 is 10.1 Å². The number of sulfonamides is 1. The maximum Gasteiger partial charge on any atom is 0.337 e. The van der Waals surface area contributed by atoms with Crippen molar-refractivity contribution in [3.63, 3.8) is 0 Å². The highest BCUT2D eigenvalue weighted by Crippen LogP contribution is 2.42. The molecule has 1 amide bonds. The SMILES string of the molecule is COC(=O)c1ccc(NC(=O)CN2c3ccccc3-c3ccccc3S2(=O)=O)cc1. The number of anilines is 2. The molecule has 1 aliphatic heterocycles. The van der Waals surface area contributed by atoms with Crippen molar-refractivity contribution in [3.8, 4) is 11.1 Å². The molecular formula is C22H18N2O5S. The zero-order chi connectivity index (χ0) is 21.3. The van der Waals surface area contributed by atoms with E-state index in [-0.39, 0.29) is 11.4 Å². The predicted molar refractivity (Wildman–Crippen MR) is 113 cm³/mol. The number of para-hydroxylation sites is 1. The van der Waals surface area contributed by atoms with Gasteiger partial charge in [0.05, 0.1) is 23.3 Å². The number of esters is 1. The average Bonchev–Trinajstić information content (AvgIpc) is 2.77. The van der Waals surface area contributed by atoms with Crippen molar-refractivity contribution in [1.29, 1.82) is 0 Å². The predicted octanol–water partition coefficient (Wildman–Crippen LogP) is 3.29. The molecular weight excluding hydrogens is 404 g/mol. The molecule has 0 aliphatic carbocycles. The summed E-state index contributed by atoms with van der Waals surface area (Å²) in [5.41, 5.74) is 2.60. The fraction of sp³-hybridized carbons (Fsp3) is 0.0909. The van der Waals surface area contributed by atoms with Crippen molar-refractivity contribution in [2.75, 3.05) is 23.3 Å². The number of amides is 1. The Balaban J connectivity index is 1.61. The van der Waals surface area contributed by atoms with Crippen molar-refractivity contribution < 1.29 is 22.7 Å². The number of hydrogen-bond acceptors (Lipinski definition) is 5. The molecule has 0 fully saturated rings. The maximum atomic E-state index is 13.2. The average molecular weight is 422 g/mol. The van der Waals surface area contributed by atoms with Crippen LogP contribution in [0.5, 0.6) is 0 Å². The zero-order valence-corrected chi connectivity index (χ0v) is 16.8. The van der Waals surface area contributed by atoms with Crippen LogP contribution in [0.3, 0.4) is 0 Å². The minimum atomic E-state index is -3.89. The van der Waals surface area contributed by atoms with E-state index in [1.54, 1.807) is 42.5 Å². The van der Waals surface area contributed by atoms with Gasteiger partial charge in [-0.3, -0.25) is 9.10 Å². The van der Waals surface area contributed by atoms with Gasteiger partial charge in [0.25, 0.3) is 10.0 Å². The first-order valence-electron chi connectivity index (χ1n) is 9.11. The van der Waals surface area contributed by atoms with Crippen molar-refractivity contribution in [1.82, 2.24) is 0 Å². The number of nitrogens with zero attached hydrogens (tertiary/aromatic N) is 1. The van der Waals surface area contributed by atoms with E-state index >= 15 is 0 Å². The van der Waals surface area contributed by atoms with E-state index in [2.05, 4.69) is 10.1 Å². The number of carbonyl (C=O) groups excluding carboxylic acids is 2. The summed E-state index contributed by atoms with van der Waals surface area (Å²) in [7, 11) is -2.61. The molecule has 0 unspecified atom stereocenters. The molecule has 0 saturated carbocycles. The molecule has 30 heavy (non-hydrogen) atoms. The second-order valence-electron chi connectivity index (χ2n) is 6.64. The van der Waals surface area contributed by atoms with Gasteiger partial charge in [-0.25, -0.2) is 13.2 Å². The van der Waals surface area contributed by atoms with Crippen molar-refractivity contribution in [2.24, 2.45) is 0 Å². The molecule has 152 valence electrons. The van der Waals surface area contributed by atoms with E-state index in [4.69, 9.17) is 0 Å². The molecule has 0 radical (unpaired) electrons. The Kier molecular flexibility index (Phi) is 5.01. The summed E-state index contributed by atoms with van der Waals surface area (Å²) < 4.78 is 32.2.